The van der Waals surface area contributed by atoms with Crippen molar-refractivity contribution < 1.29 is 23.8 Å². The molecule has 2 N–H and O–H groups in total. The maximum atomic E-state index is 13.3. The van der Waals surface area contributed by atoms with E-state index >= 15 is 0 Å². The van der Waals surface area contributed by atoms with E-state index in [0.717, 1.165) is 12.8 Å². The molecule has 0 bridgehead atoms. The van der Waals surface area contributed by atoms with E-state index in [9.17, 15) is 9.90 Å². The average molecular weight is 530 g/mol. The quantitative estimate of drug-likeness (QED) is 0.185. The van der Waals surface area contributed by atoms with Crippen LogP contribution < -0.4 is 15.0 Å². The Bertz CT molecular complexity index is 1580. The summed E-state index contributed by atoms with van der Waals surface area (Å²) >= 11 is 0. The van der Waals surface area contributed by atoms with Gasteiger partial charge in [0.15, 0.2) is 0 Å². The molecule has 1 saturated carbocycles. The maximum Gasteiger partial charge on any atom is 0.264 e. The van der Waals surface area contributed by atoms with Crippen molar-refractivity contribution in [2.24, 2.45) is 4.99 Å². The molecular weight excluding hydrogens is 502 g/mol. The first kappa shape index (κ1) is 25.7. The Morgan fingerprint density at radius 3 is 2.51 bits per heavy atom. The minimum absolute atomic E-state index is 0.0465. The number of aromatic amines is 1. The lowest BCUT2D eigenvalue weighted by molar-refractivity contribution is 0.348. The van der Waals surface area contributed by atoms with Crippen LogP contribution >= 0.6 is 0 Å². The number of nitrogens with zero attached hydrogens (tertiary/aromatic N) is 4. The van der Waals surface area contributed by atoms with Crippen LogP contribution in [0.15, 0.2) is 69.2 Å². The van der Waals surface area contributed by atoms with Crippen LogP contribution in [0.5, 0.6) is 17.2 Å². The summed E-state index contributed by atoms with van der Waals surface area (Å²) < 4.78 is 22.3. The van der Waals surface area contributed by atoms with Gasteiger partial charge in [-0.3, -0.25) is 14.8 Å². The van der Waals surface area contributed by atoms with Crippen LogP contribution in [0.2, 0.25) is 0 Å². The number of nitrogens with one attached hydrogen (secondary N) is 1. The van der Waals surface area contributed by atoms with Crippen LogP contribution in [0.3, 0.4) is 0 Å². The molecule has 200 valence electrons. The van der Waals surface area contributed by atoms with Crippen molar-refractivity contribution in [1.29, 1.82) is 0 Å². The normalized spacial score (nSPS) is 13.3. The van der Waals surface area contributed by atoms with Gasteiger partial charge in [-0.05, 0) is 43.0 Å². The zero-order valence-corrected chi connectivity index (χ0v) is 21.7. The third-order valence-electron chi connectivity index (χ3n) is 6.25. The maximum absolute atomic E-state index is 13.3. The average Bonchev–Trinajstić information content (AvgIpc) is 3.70. The second kappa shape index (κ2) is 10.8. The van der Waals surface area contributed by atoms with E-state index < -0.39 is 5.56 Å². The molecule has 0 spiro atoms. The first-order valence-electron chi connectivity index (χ1n) is 12.2. The van der Waals surface area contributed by atoms with Crippen LogP contribution in [-0.4, -0.2) is 52.4 Å². The Balaban J connectivity index is 1.49. The zero-order valence-electron chi connectivity index (χ0n) is 21.7. The molecule has 3 aromatic heterocycles. The van der Waals surface area contributed by atoms with Gasteiger partial charge in [0, 0.05) is 18.9 Å². The topological polar surface area (TPSA) is 145 Å². The number of ether oxygens (including phenoxy) is 3. The molecule has 3 heterocycles. The van der Waals surface area contributed by atoms with Crippen LogP contribution in [0.4, 0.5) is 0 Å². The molecule has 0 radical (unpaired) electrons. The molecular formula is C28H27N5O6. The smallest absolute Gasteiger partial charge is 0.264 e. The van der Waals surface area contributed by atoms with E-state index in [-0.39, 0.29) is 41.2 Å². The lowest BCUT2D eigenvalue weighted by atomic mass is 9.96. The summed E-state index contributed by atoms with van der Waals surface area (Å²) in [5.74, 6) is 1.35. The van der Waals surface area contributed by atoms with Crippen molar-refractivity contribution in [3.8, 4) is 39.9 Å². The van der Waals surface area contributed by atoms with Gasteiger partial charge in [0.05, 0.1) is 31.8 Å². The third kappa shape index (κ3) is 5.11. The number of aromatic nitrogens is 4. The van der Waals surface area contributed by atoms with Gasteiger partial charge in [-0.25, -0.2) is 0 Å². The number of allylic oxidation sites excluding steroid dienone is 1. The Morgan fingerprint density at radius 2 is 1.90 bits per heavy atom. The van der Waals surface area contributed by atoms with E-state index in [4.69, 9.17) is 18.7 Å². The van der Waals surface area contributed by atoms with Crippen LogP contribution in [0.1, 0.15) is 35.9 Å². The second-order valence-electron chi connectivity index (χ2n) is 8.85. The standard InChI is InChI=1S/C28H27N5O6/c1-15(14-20-31-26(33-39-20)17-8-5-6-13-30-17)38-28(29-2)23-25(34)22(24(16-11-12-16)32-27(23)35)21-18(36-3)9-7-10-19(21)37-4/h5-10,13,16H,1,11-12,14H2,2-4H3,(H2,32,34,35). The number of benzene rings is 1. The molecule has 0 saturated heterocycles. The van der Waals surface area contributed by atoms with E-state index in [2.05, 4.69) is 31.7 Å². The lowest BCUT2D eigenvalue weighted by Crippen LogP contribution is -2.23. The first-order chi connectivity index (χ1) is 18.9. The summed E-state index contributed by atoms with van der Waals surface area (Å²) in [6.07, 6.45) is 3.44. The van der Waals surface area contributed by atoms with Crippen molar-refractivity contribution in [1.82, 2.24) is 20.1 Å². The van der Waals surface area contributed by atoms with Gasteiger partial charge < -0.3 is 28.8 Å². The fraction of sp³-hybridized carbons (Fsp3) is 0.250. The number of hydrogen-bond donors (Lipinski definition) is 2. The first-order valence-corrected chi connectivity index (χ1v) is 12.2. The number of hydrogen-bond acceptors (Lipinski definition) is 10. The molecule has 4 aromatic rings. The van der Waals surface area contributed by atoms with E-state index in [1.54, 1.807) is 36.5 Å². The molecule has 1 aromatic carbocycles. The van der Waals surface area contributed by atoms with Gasteiger partial charge in [0.1, 0.15) is 34.3 Å². The second-order valence-corrected chi connectivity index (χ2v) is 8.85. The van der Waals surface area contributed by atoms with Gasteiger partial charge in [-0.15, -0.1) is 0 Å². The Morgan fingerprint density at radius 1 is 1.15 bits per heavy atom. The molecule has 0 aliphatic heterocycles. The predicted molar refractivity (Wildman–Crippen MR) is 143 cm³/mol. The number of aliphatic imine (C=N–C) groups is 1. The van der Waals surface area contributed by atoms with Crippen molar-refractivity contribution in [2.75, 3.05) is 21.3 Å². The summed E-state index contributed by atoms with van der Waals surface area (Å²) in [7, 11) is 4.51. The molecule has 5 rings (SSSR count). The van der Waals surface area contributed by atoms with Gasteiger partial charge in [-0.1, -0.05) is 23.9 Å². The number of rotatable bonds is 9. The third-order valence-corrected chi connectivity index (χ3v) is 6.25. The Hall–Kier alpha value is -4.93. The molecule has 11 heteroatoms. The van der Waals surface area contributed by atoms with Gasteiger partial charge >= 0.3 is 0 Å². The highest BCUT2D eigenvalue weighted by Crippen LogP contribution is 2.50. The van der Waals surface area contributed by atoms with E-state index in [0.29, 0.717) is 39.8 Å². The molecule has 1 aliphatic carbocycles. The molecule has 0 amide bonds. The van der Waals surface area contributed by atoms with Gasteiger partial charge in [-0.2, -0.15) is 4.98 Å². The summed E-state index contributed by atoms with van der Waals surface area (Å²) in [5.41, 5.74) is 1.38. The molecule has 0 atom stereocenters. The van der Waals surface area contributed by atoms with Gasteiger partial charge in [0.2, 0.25) is 17.6 Å². The molecule has 1 aliphatic rings. The highest BCUT2D eigenvalue weighted by molar-refractivity contribution is 6.00. The van der Waals surface area contributed by atoms with Crippen molar-refractivity contribution in [2.45, 2.75) is 25.2 Å². The van der Waals surface area contributed by atoms with Crippen molar-refractivity contribution in [3.63, 3.8) is 0 Å². The molecule has 11 nitrogen and oxygen atoms in total. The van der Waals surface area contributed by atoms with Crippen LogP contribution in [0, 0.1) is 0 Å². The van der Waals surface area contributed by atoms with Gasteiger partial charge in [0.25, 0.3) is 5.56 Å². The molecule has 39 heavy (non-hydrogen) atoms. The summed E-state index contributed by atoms with van der Waals surface area (Å²) in [5, 5.41) is 15.5. The zero-order chi connectivity index (χ0) is 27.5. The highest BCUT2D eigenvalue weighted by Gasteiger charge is 2.34. The predicted octanol–water partition coefficient (Wildman–Crippen LogP) is 4.24. The minimum Gasteiger partial charge on any atom is -0.506 e. The highest BCUT2D eigenvalue weighted by atomic mass is 16.5. The van der Waals surface area contributed by atoms with E-state index in [1.165, 1.54) is 21.3 Å². The number of pyridine rings is 2. The Kier molecular flexibility index (Phi) is 7.13. The number of aromatic hydroxyl groups is 1. The molecule has 0 unspecified atom stereocenters. The summed E-state index contributed by atoms with van der Waals surface area (Å²) in [6.45, 7) is 3.92. The van der Waals surface area contributed by atoms with Crippen molar-refractivity contribution >= 4 is 5.90 Å². The molecule has 1 fully saturated rings. The van der Waals surface area contributed by atoms with Crippen molar-refractivity contribution in [3.05, 3.63) is 82.4 Å². The number of H-pyrrole nitrogens is 1. The lowest BCUT2D eigenvalue weighted by Gasteiger charge is -2.19. The monoisotopic (exact) mass is 529 g/mol. The van der Waals surface area contributed by atoms with Crippen LogP contribution in [-0.2, 0) is 11.2 Å². The summed E-state index contributed by atoms with van der Waals surface area (Å²) in [6, 6.07) is 10.7. The largest absolute Gasteiger partial charge is 0.506 e. The Labute approximate surface area is 223 Å². The summed E-state index contributed by atoms with van der Waals surface area (Å²) in [4.78, 5) is 28.9. The number of methoxy groups -OCH3 is 2. The fourth-order valence-corrected chi connectivity index (χ4v) is 4.31. The fourth-order valence-electron chi connectivity index (χ4n) is 4.31. The SMILES string of the molecule is C=C(Cc1nc(-c2ccccn2)no1)OC(=NC)c1c(O)c(-c2c(OC)cccc2OC)c(C2CC2)[nH]c1=O. The van der Waals surface area contributed by atoms with E-state index in [1.807, 2.05) is 6.07 Å². The van der Waals surface area contributed by atoms with Crippen LogP contribution in [0.25, 0.3) is 22.6 Å². The minimum atomic E-state index is -0.546.